The fourth-order valence-electron chi connectivity index (χ4n) is 3.59. The van der Waals surface area contributed by atoms with Gasteiger partial charge in [-0.15, -0.1) is 0 Å². The van der Waals surface area contributed by atoms with E-state index in [-0.39, 0.29) is 23.2 Å². The summed E-state index contributed by atoms with van der Waals surface area (Å²) in [6.45, 7) is 1.25. The lowest BCUT2D eigenvalue weighted by Gasteiger charge is -2.09. The van der Waals surface area contributed by atoms with Crippen LogP contribution in [0.15, 0.2) is 71.6 Å². The highest BCUT2D eigenvalue weighted by atomic mass is 32.2. The standard InChI is InChI=1S/C25H25NO5S/c1-30-14-15-32(28,29)23-9-6-20(7-10-23)25(27)26-17-18-2-4-19(5-3-18)21-8-11-24-22(16-21)12-13-31-24/h2-11,16H,12-15,17H2,1H3,(H,26,27). The van der Waals surface area contributed by atoms with Gasteiger partial charge in [-0.05, 0) is 58.7 Å². The summed E-state index contributed by atoms with van der Waals surface area (Å²) in [6, 6.07) is 20.3. The van der Waals surface area contributed by atoms with Crippen molar-refractivity contribution < 1.29 is 22.7 Å². The third-order valence-electron chi connectivity index (χ3n) is 5.46. The summed E-state index contributed by atoms with van der Waals surface area (Å²) >= 11 is 0. The maximum atomic E-state index is 12.5. The van der Waals surface area contributed by atoms with Gasteiger partial charge in [-0.25, -0.2) is 8.42 Å². The molecular formula is C25H25NO5S. The second kappa shape index (κ2) is 9.54. The average molecular weight is 452 g/mol. The van der Waals surface area contributed by atoms with Crippen LogP contribution in [-0.2, 0) is 27.5 Å². The van der Waals surface area contributed by atoms with Gasteiger partial charge in [-0.2, -0.15) is 0 Å². The van der Waals surface area contributed by atoms with Gasteiger partial charge in [-0.3, -0.25) is 4.79 Å². The highest BCUT2D eigenvalue weighted by Gasteiger charge is 2.15. The predicted molar refractivity (Wildman–Crippen MR) is 123 cm³/mol. The Morgan fingerprint density at radius 2 is 1.72 bits per heavy atom. The molecule has 3 aromatic carbocycles. The Morgan fingerprint density at radius 3 is 2.44 bits per heavy atom. The molecule has 32 heavy (non-hydrogen) atoms. The first-order chi connectivity index (χ1) is 15.5. The largest absolute Gasteiger partial charge is 0.493 e. The summed E-state index contributed by atoms with van der Waals surface area (Å²) in [6.07, 6.45) is 0.938. The second-order valence-electron chi connectivity index (χ2n) is 7.64. The Hall–Kier alpha value is -3.16. The number of fused-ring (bicyclic) bond motifs is 1. The van der Waals surface area contributed by atoms with Crippen LogP contribution in [0.3, 0.4) is 0 Å². The highest BCUT2D eigenvalue weighted by Crippen LogP contribution is 2.30. The van der Waals surface area contributed by atoms with E-state index in [2.05, 4.69) is 17.4 Å². The molecule has 0 saturated carbocycles. The maximum absolute atomic E-state index is 12.5. The van der Waals surface area contributed by atoms with Crippen LogP contribution in [0.2, 0.25) is 0 Å². The number of sulfone groups is 1. The van der Waals surface area contributed by atoms with Crippen LogP contribution in [0.1, 0.15) is 21.5 Å². The number of methoxy groups -OCH3 is 1. The van der Waals surface area contributed by atoms with Crippen molar-refractivity contribution in [1.82, 2.24) is 5.32 Å². The van der Waals surface area contributed by atoms with Crippen molar-refractivity contribution in [2.75, 3.05) is 26.1 Å². The minimum absolute atomic E-state index is 0.0930. The van der Waals surface area contributed by atoms with E-state index < -0.39 is 9.84 Å². The van der Waals surface area contributed by atoms with E-state index in [4.69, 9.17) is 9.47 Å². The van der Waals surface area contributed by atoms with Crippen molar-refractivity contribution in [3.8, 4) is 16.9 Å². The van der Waals surface area contributed by atoms with Crippen LogP contribution in [-0.4, -0.2) is 40.4 Å². The molecule has 0 radical (unpaired) electrons. The number of carbonyl (C=O) groups excluding carboxylic acids is 1. The minimum atomic E-state index is -3.41. The van der Waals surface area contributed by atoms with Gasteiger partial charge >= 0.3 is 0 Å². The van der Waals surface area contributed by atoms with E-state index in [1.807, 2.05) is 30.3 Å². The highest BCUT2D eigenvalue weighted by molar-refractivity contribution is 7.91. The van der Waals surface area contributed by atoms with Crippen molar-refractivity contribution in [3.63, 3.8) is 0 Å². The number of rotatable bonds is 8. The molecule has 7 heteroatoms. The number of amides is 1. The third-order valence-corrected chi connectivity index (χ3v) is 7.16. The van der Waals surface area contributed by atoms with Crippen molar-refractivity contribution in [2.45, 2.75) is 17.9 Å². The lowest BCUT2D eigenvalue weighted by molar-refractivity contribution is 0.0951. The van der Waals surface area contributed by atoms with Crippen molar-refractivity contribution >= 4 is 15.7 Å². The first-order valence-electron chi connectivity index (χ1n) is 10.4. The number of hydrogen-bond acceptors (Lipinski definition) is 5. The Bertz CT molecular complexity index is 1200. The lowest BCUT2D eigenvalue weighted by Crippen LogP contribution is -2.22. The zero-order valence-electron chi connectivity index (χ0n) is 17.8. The zero-order chi connectivity index (χ0) is 22.6. The monoisotopic (exact) mass is 451 g/mol. The van der Waals surface area contributed by atoms with E-state index in [1.165, 1.54) is 36.9 Å². The molecule has 0 fully saturated rings. The van der Waals surface area contributed by atoms with Gasteiger partial charge < -0.3 is 14.8 Å². The molecule has 0 bridgehead atoms. The molecule has 3 aromatic rings. The van der Waals surface area contributed by atoms with E-state index in [0.717, 1.165) is 35.5 Å². The summed E-state index contributed by atoms with van der Waals surface area (Å²) in [7, 11) is -1.96. The van der Waals surface area contributed by atoms with Gasteiger partial charge in [0.25, 0.3) is 5.91 Å². The molecule has 166 valence electrons. The Kier molecular flexibility index (Phi) is 6.58. The quantitative estimate of drug-likeness (QED) is 0.566. The molecule has 1 aliphatic rings. The van der Waals surface area contributed by atoms with Crippen molar-refractivity contribution in [3.05, 3.63) is 83.4 Å². The average Bonchev–Trinajstić information content (AvgIpc) is 3.30. The van der Waals surface area contributed by atoms with Crippen molar-refractivity contribution in [2.24, 2.45) is 0 Å². The van der Waals surface area contributed by atoms with Gasteiger partial charge in [0.1, 0.15) is 5.75 Å². The molecule has 0 aliphatic carbocycles. The number of nitrogens with one attached hydrogen (secondary N) is 1. The first kappa shape index (κ1) is 22.0. The third kappa shape index (κ3) is 5.00. The molecule has 0 spiro atoms. The van der Waals surface area contributed by atoms with Crippen LogP contribution in [0.25, 0.3) is 11.1 Å². The number of hydrogen-bond donors (Lipinski definition) is 1. The summed E-state index contributed by atoms with van der Waals surface area (Å²) in [4.78, 5) is 12.6. The fraction of sp³-hybridized carbons (Fsp3) is 0.240. The maximum Gasteiger partial charge on any atom is 0.251 e. The van der Waals surface area contributed by atoms with Crippen LogP contribution in [0.4, 0.5) is 0 Å². The Balaban J connectivity index is 1.36. The first-order valence-corrected chi connectivity index (χ1v) is 12.1. The number of ether oxygens (including phenoxy) is 2. The molecule has 0 unspecified atom stereocenters. The fourth-order valence-corrected chi connectivity index (χ4v) is 4.76. The molecule has 1 aliphatic heterocycles. The van der Waals surface area contributed by atoms with Crippen LogP contribution < -0.4 is 10.1 Å². The molecule has 1 amide bonds. The molecular weight excluding hydrogens is 426 g/mol. The molecule has 6 nitrogen and oxygen atoms in total. The minimum Gasteiger partial charge on any atom is -0.493 e. The lowest BCUT2D eigenvalue weighted by atomic mass is 10.0. The molecule has 0 atom stereocenters. The van der Waals surface area contributed by atoms with Crippen LogP contribution in [0.5, 0.6) is 5.75 Å². The topological polar surface area (TPSA) is 81.7 Å². The Labute approximate surface area is 188 Å². The molecule has 0 aromatic heterocycles. The van der Waals surface area contributed by atoms with Gasteiger partial charge in [0.2, 0.25) is 0 Å². The normalized spacial score (nSPS) is 12.8. The van der Waals surface area contributed by atoms with Gasteiger partial charge in [0.05, 0.1) is 23.9 Å². The van der Waals surface area contributed by atoms with E-state index in [1.54, 1.807) is 0 Å². The SMILES string of the molecule is COCCS(=O)(=O)c1ccc(C(=O)NCc2ccc(-c3ccc4c(c3)CCO4)cc2)cc1. The van der Waals surface area contributed by atoms with Gasteiger partial charge in [0.15, 0.2) is 9.84 Å². The molecule has 1 N–H and O–H groups in total. The second-order valence-corrected chi connectivity index (χ2v) is 9.75. The van der Waals surface area contributed by atoms with Crippen LogP contribution in [0, 0.1) is 0 Å². The van der Waals surface area contributed by atoms with E-state index in [0.29, 0.717) is 12.1 Å². The summed E-state index contributed by atoms with van der Waals surface area (Å²) in [5, 5.41) is 2.88. The van der Waals surface area contributed by atoms with E-state index in [9.17, 15) is 13.2 Å². The molecule has 0 saturated heterocycles. The smallest absolute Gasteiger partial charge is 0.251 e. The number of benzene rings is 3. The summed E-state index contributed by atoms with van der Waals surface area (Å²) in [5.41, 5.74) is 4.87. The Morgan fingerprint density at radius 1 is 1.00 bits per heavy atom. The van der Waals surface area contributed by atoms with Gasteiger partial charge in [-0.1, -0.05) is 30.3 Å². The zero-order valence-corrected chi connectivity index (χ0v) is 18.7. The summed E-state index contributed by atoms with van der Waals surface area (Å²) in [5.74, 6) is 0.617. The molecule has 1 heterocycles. The molecule has 4 rings (SSSR count). The summed E-state index contributed by atoms with van der Waals surface area (Å²) < 4.78 is 34.8. The van der Waals surface area contributed by atoms with Gasteiger partial charge in [0, 0.05) is 25.6 Å². The number of carbonyl (C=O) groups is 1. The van der Waals surface area contributed by atoms with E-state index >= 15 is 0 Å². The predicted octanol–water partition coefficient (Wildman–Crippen LogP) is 3.64. The van der Waals surface area contributed by atoms with Crippen LogP contribution >= 0.6 is 0 Å². The van der Waals surface area contributed by atoms with Crippen molar-refractivity contribution in [1.29, 1.82) is 0 Å².